The van der Waals surface area contributed by atoms with Crippen LogP contribution in [0.3, 0.4) is 0 Å². The van der Waals surface area contributed by atoms with Crippen LogP contribution in [-0.4, -0.2) is 6.21 Å². The molecule has 2 nitrogen and oxygen atoms in total. The first-order chi connectivity index (χ1) is 6.50. The lowest BCUT2D eigenvalue weighted by Crippen LogP contribution is -2.02. The Morgan fingerprint density at radius 3 is 1.50 bits per heavy atom. The molecule has 0 unspecified atom stereocenters. The summed E-state index contributed by atoms with van der Waals surface area (Å²) in [5.74, 6) is 5.21. The molecule has 0 amide bonds. The van der Waals surface area contributed by atoms with E-state index in [1.807, 2.05) is 0 Å². The standard InChI is InChI=1S/C12H18N2/c1-7-8(2)10(4)12(6-14-13)11(5)9(7)3/h6H,13H2,1-5H3. The van der Waals surface area contributed by atoms with Crippen molar-refractivity contribution in [2.75, 3.05) is 0 Å². The first-order valence-electron chi connectivity index (χ1n) is 4.81. The minimum Gasteiger partial charge on any atom is -0.323 e. The molecule has 0 spiro atoms. The van der Waals surface area contributed by atoms with Gasteiger partial charge in [-0.2, -0.15) is 5.10 Å². The lowest BCUT2D eigenvalue weighted by atomic mass is 9.90. The summed E-state index contributed by atoms with van der Waals surface area (Å²) in [7, 11) is 0. The summed E-state index contributed by atoms with van der Waals surface area (Å²) in [6.45, 7) is 10.7. The van der Waals surface area contributed by atoms with Crippen LogP contribution in [0.25, 0.3) is 0 Å². The summed E-state index contributed by atoms with van der Waals surface area (Å²) in [6.07, 6.45) is 1.74. The van der Waals surface area contributed by atoms with E-state index in [9.17, 15) is 0 Å². The molecule has 0 aliphatic carbocycles. The van der Waals surface area contributed by atoms with Crippen LogP contribution in [0.4, 0.5) is 0 Å². The molecule has 0 radical (unpaired) electrons. The van der Waals surface area contributed by atoms with Crippen molar-refractivity contribution in [1.82, 2.24) is 0 Å². The summed E-state index contributed by atoms with van der Waals surface area (Å²) in [5, 5.41) is 3.61. The van der Waals surface area contributed by atoms with E-state index in [0.717, 1.165) is 5.56 Å². The Morgan fingerprint density at radius 2 is 1.14 bits per heavy atom. The van der Waals surface area contributed by atoms with Crippen LogP contribution in [-0.2, 0) is 0 Å². The number of rotatable bonds is 1. The van der Waals surface area contributed by atoms with Gasteiger partial charge in [0.1, 0.15) is 0 Å². The van der Waals surface area contributed by atoms with Crippen molar-refractivity contribution in [1.29, 1.82) is 0 Å². The average Bonchev–Trinajstić information content (AvgIpc) is 2.19. The van der Waals surface area contributed by atoms with Gasteiger partial charge in [0.2, 0.25) is 0 Å². The highest BCUT2D eigenvalue weighted by Gasteiger charge is 2.09. The monoisotopic (exact) mass is 190 g/mol. The maximum Gasteiger partial charge on any atom is 0.0543 e. The summed E-state index contributed by atoms with van der Waals surface area (Å²) in [4.78, 5) is 0. The lowest BCUT2D eigenvalue weighted by Gasteiger charge is -2.15. The molecule has 0 atom stereocenters. The fourth-order valence-corrected chi connectivity index (χ4v) is 1.80. The van der Waals surface area contributed by atoms with Crippen molar-refractivity contribution in [3.05, 3.63) is 33.4 Å². The minimum atomic E-state index is 1.16. The molecule has 0 aromatic heterocycles. The summed E-state index contributed by atoms with van der Waals surface area (Å²) >= 11 is 0. The van der Waals surface area contributed by atoms with E-state index < -0.39 is 0 Å². The molecular weight excluding hydrogens is 172 g/mol. The maximum atomic E-state index is 5.21. The Kier molecular flexibility index (Phi) is 2.94. The molecular formula is C12H18N2. The van der Waals surface area contributed by atoms with Crippen molar-refractivity contribution in [2.45, 2.75) is 34.6 Å². The second kappa shape index (κ2) is 3.82. The maximum absolute atomic E-state index is 5.21. The summed E-state index contributed by atoms with van der Waals surface area (Å²) < 4.78 is 0. The van der Waals surface area contributed by atoms with E-state index in [-0.39, 0.29) is 0 Å². The highest BCUT2D eigenvalue weighted by atomic mass is 15.1. The Hall–Kier alpha value is -1.31. The molecule has 0 fully saturated rings. The van der Waals surface area contributed by atoms with Crippen LogP contribution in [0.5, 0.6) is 0 Å². The first kappa shape index (κ1) is 10.8. The Labute approximate surface area is 85.8 Å². The number of hydrogen-bond acceptors (Lipinski definition) is 2. The van der Waals surface area contributed by atoms with Crippen molar-refractivity contribution in [3.63, 3.8) is 0 Å². The molecule has 0 aliphatic heterocycles. The van der Waals surface area contributed by atoms with Gasteiger partial charge in [0.15, 0.2) is 0 Å². The Bertz CT molecular complexity index is 361. The third-order valence-corrected chi connectivity index (χ3v) is 3.26. The highest BCUT2D eigenvalue weighted by molar-refractivity contribution is 5.85. The largest absolute Gasteiger partial charge is 0.323 e. The molecule has 1 aromatic rings. The first-order valence-corrected chi connectivity index (χ1v) is 4.81. The SMILES string of the molecule is Cc1c(C)c(C)c(C=NN)c(C)c1C. The highest BCUT2D eigenvalue weighted by Crippen LogP contribution is 2.24. The zero-order valence-electron chi connectivity index (χ0n) is 9.60. The van der Waals surface area contributed by atoms with Gasteiger partial charge in [0, 0.05) is 5.56 Å². The van der Waals surface area contributed by atoms with Gasteiger partial charge < -0.3 is 5.84 Å². The van der Waals surface area contributed by atoms with Crippen LogP contribution < -0.4 is 5.84 Å². The van der Waals surface area contributed by atoms with Gasteiger partial charge in [0.05, 0.1) is 6.21 Å². The number of benzene rings is 1. The Morgan fingerprint density at radius 1 is 0.786 bits per heavy atom. The van der Waals surface area contributed by atoms with Gasteiger partial charge in [-0.3, -0.25) is 0 Å². The number of hydrazone groups is 1. The van der Waals surface area contributed by atoms with E-state index in [4.69, 9.17) is 5.84 Å². The second-order valence-corrected chi connectivity index (χ2v) is 3.82. The molecule has 14 heavy (non-hydrogen) atoms. The number of hydrogen-bond donors (Lipinski definition) is 1. The molecule has 76 valence electrons. The van der Waals surface area contributed by atoms with Crippen LogP contribution >= 0.6 is 0 Å². The number of nitrogens with two attached hydrogens (primary N) is 1. The number of nitrogens with zero attached hydrogens (tertiary/aromatic N) is 1. The quantitative estimate of drug-likeness (QED) is 0.412. The van der Waals surface area contributed by atoms with Crippen molar-refractivity contribution in [2.24, 2.45) is 10.9 Å². The van der Waals surface area contributed by atoms with Gasteiger partial charge in [-0.1, -0.05) is 0 Å². The topological polar surface area (TPSA) is 38.4 Å². The molecule has 0 bridgehead atoms. The van der Waals surface area contributed by atoms with Gasteiger partial charge in [-0.05, 0) is 62.4 Å². The predicted octanol–water partition coefficient (Wildman–Crippen LogP) is 2.52. The molecule has 1 aromatic carbocycles. The van der Waals surface area contributed by atoms with E-state index in [1.54, 1.807) is 6.21 Å². The minimum absolute atomic E-state index is 1.16. The fraction of sp³-hybridized carbons (Fsp3) is 0.417. The molecule has 2 N–H and O–H groups in total. The van der Waals surface area contributed by atoms with E-state index in [0.29, 0.717) is 0 Å². The van der Waals surface area contributed by atoms with Crippen molar-refractivity contribution < 1.29 is 0 Å². The second-order valence-electron chi connectivity index (χ2n) is 3.82. The van der Waals surface area contributed by atoms with E-state index >= 15 is 0 Å². The molecule has 0 aliphatic rings. The zero-order valence-corrected chi connectivity index (χ0v) is 9.60. The van der Waals surface area contributed by atoms with E-state index in [2.05, 4.69) is 39.7 Å². The molecule has 1 rings (SSSR count). The van der Waals surface area contributed by atoms with Gasteiger partial charge in [0.25, 0.3) is 0 Å². The van der Waals surface area contributed by atoms with Gasteiger partial charge in [-0.25, -0.2) is 0 Å². The Balaban J connectivity index is 3.59. The predicted molar refractivity (Wildman–Crippen MR) is 61.9 cm³/mol. The van der Waals surface area contributed by atoms with Crippen molar-refractivity contribution >= 4 is 6.21 Å². The third-order valence-electron chi connectivity index (χ3n) is 3.26. The van der Waals surface area contributed by atoms with Crippen LogP contribution in [0, 0.1) is 34.6 Å². The van der Waals surface area contributed by atoms with Gasteiger partial charge in [-0.15, -0.1) is 0 Å². The molecule has 2 heteroatoms. The van der Waals surface area contributed by atoms with E-state index in [1.165, 1.54) is 27.8 Å². The smallest absolute Gasteiger partial charge is 0.0543 e. The normalized spacial score (nSPS) is 11.2. The fourth-order valence-electron chi connectivity index (χ4n) is 1.80. The van der Waals surface area contributed by atoms with Crippen LogP contribution in [0.1, 0.15) is 33.4 Å². The summed E-state index contributed by atoms with van der Waals surface area (Å²) in [6, 6.07) is 0. The molecule has 0 saturated heterocycles. The van der Waals surface area contributed by atoms with Crippen LogP contribution in [0.2, 0.25) is 0 Å². The molecule has 0 heterocycles. The lowest BCUT2D eigenvalue weighted by molar-refractivity contribution is 1.16. The van der Waals surface area contributed by atoms with Gasteiger partial charge >= 0.3 is 0 Å². The molecule has 0 saturated carbocycles. The van der Waals surface area contributed by atoms with Crippen molar-refractivity contribution in [3.8, 4) is 0 Å². The third kappa shape index (κ3) is 1.52. The average molecular weight is 190 g/mol. The van der Waals surface area contributed by atoms with Crippen LogP contribution in [0.15, 0.2) is 5.10 Å². The zero-order chi connectivity index (χ0) is 10.9. The summed E-state index contributed by atoms with van der Waals surface area (Å²) in [5.41, 5.74) is 7.76.